The number of fused-ring (bicyclic) bond motifs is 1. The van der Waals surface area contributed by atoms with Crippen LogP contribution in [-0.4, -0.2) is 62.6 Å². The lowest BCUT2D eigenvalue weighted by atomic mass is 10.1. The third-order valence-corrected chi connectivity index (χ3v) is 7.37. The van der Waals surface area contributed by atoms with Crippen LogP contribution in [0.1, 0.15) is 0 Å². The first-order valence-corrected chi connectivity index (χ1v) is 11.9. The molecule has 0 saturated carbocycles. The fourth-order valence-corrected chi connectivity index (χ4v) is 5.24. The van der Waals surface area contributed by atoms with Gasteiger partial charge >= 0.3 is 6.36 Å². The molecule has 1 aliphatic rings. The normalized spacial score (nSPS) is 15.9. The summed E-state index contributed by atoms with van der Waals surface area (Å²) in [6, 6.07) is 17.5. The number of amides is 1. The summed E-state index contributed by atoms with van der Waals surface area (Å²) in [4.78, 5) is 14.3. The minimum absolute atomic E-state index is 0.112. The van der Waals surface area contributed by atoms with E-state index >= 15 is 0 Å². The summed E-state index contributed by atoms with van der Waals surface area (Å²) in [5, 5.41) is 4.86. The number of hydrogen-bond acceptors (Lipinski definition) is 5. The lowest BCUT2D eigenvalue weighted by Gasteiger charge is -2.33. The van der Waals surface area contributed by atoms with Gasteiger partial charge in [0.05, 0.1) is 11.4 Å². The number of piperazine rings is 1. The van der Waals surface area contributed by atoms with E-state index in [4.69, 9.17) is 0 Å². The topological polar surface area (TPSA) is 79.0 Å². The predicted octanol–water partition coefficient (Wildman–Crippen LogP) is 3.68. The maximum Gasteiger partial charge on any atom is 0.573 e. The molecule has 0 unspecified atom stereocenters. The molecule has 1 aliphatic heterocycles. The monoisotopic (exact) mass is 493 g/mol. The van der Waals surface area contributed by atoms with Gasteiger partial charge in [0.2, 0.25) is 15.9 Å². The third kappa shape index (κ3) is 5.66. The number of nitrogens with zero attached hydrogens (tertiary/aromatic N) is 2. The van der Waals surface area contributed by atoms with Crippen molar-refractivity contribution in [3.05, 3.63) is 66.7 Å². The highest BCUT2D eigenvalue weighted by Gasteiger charge is 2.32. The van der Waals surface area contributed by atoms with E-state index in [-0.39, 0.29) is 30.4 Å². The molecule has 0 bridgehead atoms. The Morgan fingerprint density at radius 1 is 0.912 bits per heavy atom. The van der Waals surface area contributed by atoms with Crippen LogP contribution in [0, 0.1) is 0 Å². The molecular formula is C23H22F3N3O4S. The molecule has 180 valence electrons. The second-order valence-electron chi connectivity index (χ2n) is 7.77. The molecule has 0 aliphatic carbocycles. The van der Waals surface area contributed by atoms with E-state index in [9.17, 15) is 26.4 Å². The van der Waals surface area contributed by atoms with Crippen molar-refractivity contribution in [2.45, 2.75) is 11.3 Å². The first kappa shape index (κ1) is 24.0. The van der Waals surface area contributed by atoms with Gasteiger partial charge in [0.1, 0.15) is 5.75 Å². The lowest BCUT2D eigenvalue weighted by molar-refractivity contribution is -0.274. The largest absolute Gasteiger partial charge is 0.573 e. The number of alkyl halides is 3. The Balaban J connectivity index is 1.33. The number of carbonyl (C=O) groups excluding carboxylic acids is 1. The van der Waals surface area contributed by atoms with Crippen molar-refractivity contribution < 1.29 is 31.1 Å². The molecule has 1 heterocycles. The zero-order chi connectivity index (χ0) is 24.3. The summed E-state index contributed by atoms with van der Waals surface area (Å²) in [7, 11) is -3.88. The molecule has 0 aromatic heterocycles. The smallest absolute Gasteiger partial charge is 0.406 e. The minimum atomic E-state index is -4.85. The molecule has 3 aromatic carbocycles. The number of nitrogens with one attached hydrogen (secondary N) is 1. The average molecular weight is 494 g/mol. The Hall–Kier alpha value is -3.15. The molecular weight excluding hydrogens is 471 g/mol. The third-order valence-electron chi connectivity index (χ3n) is 5.46. The molecule has 4 rings (SSSR count). The van der Waals surface area contributed by atoms with Gasteiger partial charge in [0.25, 0.3) is 0 Å². The van der Waals surface area contributed by atoms with Gasteiger partial charge in [-0.05, 0) is 35.7 Å². The lowest BCUT2D eigenvalue weighted by Crippen LogP contribution is -2.50. The van der Waals surface area contributed by atoms with Crippen LogP contribution in [0.25, 0.3) is 10.8 Å². The van der Waals surface area contributed by atoms with Crippen LogP contribution in [0.3, 0.4) is 0 Å². The fraction of sp³-hybridized carbons (Fsp3) is 0.261. The number of rotatable bonds is 6. The Kier molecular flexibility index (Phi) is 6.78. The second-order valence-corrected chi connectivity index (χ2v) is 9.71. The Morgan fingerprint density at radius 2 is 1.56 bits per heavy atom. The zero-order valence-corrected chi connectivity index (χ0v) is 18.8. The van der Waals surface area contributed by atoms with Crippen LogP contribution in [0.15, 0.2) is 71.6 Å². The second kappa shape index (κ2) is 9.61. The quantitative estimate of drug-likeness (QED) is 0.567. The zero-order valence-electron chi connectivity index (χ0n) is 18.0. The summed E-state index contributed by atoms with van der Waals surface area (Å²) >= 11 is 0. The van der Waals surface area contributed by atoms with Crippen LogP contribution in [0.5, 0.6) is 5.75 Å². The SMILES string of the molecule is O=C(CN1CCN(S(=O)(=O)c2ccc(OC(F)(F)F)cc2)CC1)Nc1cccc2ccccc12. The van der Waals surface area contributed by atoms with Gasteiger partial charge < -0.3 is 10.1 Å². The number of carbonyl (C=O) groups is 1. The highest BCUT2D eigenvalue weighted by molar-refractivity contribution is 7.89. The van der Waals surface area contributed by atoms with E-state index in [0.717, 1.165) is 35.0 Å². The standard InChI is InChI=1S/C23H22F3N3O4S/c24-23(25,26)33-18-8-10-19(11-9-18)34(31,32)29-14-12-28(13-15-29)16-22(30)27-21-7-3-5-17-4-1-2-6-20(17)21/h1-11H,12-16H2,(H,27,30). The molecule has 1 fully saturated rings. The molecule has 11 heteroatoms. The minimum Gasteiger partial charge on any atom is -0.406 e. The first-order valence-electron chi connectivity index (χ1n) is 10.5. The van der Waals surface area contributed by atoms with Crippen molar-refractivity contribution in [1.82, 2.24) is 9.21 Å². The molecule has 1 amide bonds. The van der Waals surface area contributed by atoms with Gasteiger partial charge in [-0.15, -0.1) is 13.2 Å². The number of hydrogen-bond donors (Lipinski definition) is 1. The Labute approximate surface area is 194 Å². The van der Waals surface area contributed by atoms with Crippen molar-refractivity contribution in [3.8, 4) is 5.75 Å². The van der Waals surface area contributed by atoms with E-state index in [1.807, 2.05) is 47.4 Å². The number of anilines is 1. The molecule has 0 atom stereocenters. The van der Waals surface area contributed by atoms with Gasteiger partial charge in [-0.2, -0.15) is 4.31 Å². The van der Waals surface area contributed by atoms with E-state index in [2.05, 4.69) is 10.1 Å². The molecule has 0 spiro atoms. The highest BCUT2D eigenvalue weighted by atomic mass is 32.2. The number of halogens is 3. The Morgan fingerprint density at radius 3 is 2.24 bits per heavy atom. The molecule has 1 saturated heterocycles. The van der Waals surface area contributed by atoms with Gasteiger partial charge in [-0.3, -0.25) is 9.69 Å². The Bertz CT molecular complexity index is 1270. The number of benzene rings is 3. The van der Waals surface area contributed by atoms with Crippen LogP contribution in [-0.2, 0) is 14.8 Å². The maximum atomic E-state index is 12.8. The van der Waals surface area contributed by atoms with E-state index in [1.54, 1.807) is 0 Å². The molecule has 3 aromatic rings. The van der Waals surface area contributed by atoms with Gasteiger partial charge in [0, 0.05) is 37.3 Å². The summed E-state index contributed by atoms with van der Waals surface area (Å²) in [6.45, 7) is 1.12. The van der Waals surface area contributed by atoms with Crippen molar-refractivity contribution in [1.29, 1.82) is 0 Å². The van der Waals surface area contributed by atoms with Crippen LogP contribution < -0.4 is 10.1 Å². The van der Waals surface area contributed by atoms with Gasteiger partial charge in [-0.25, -0.2) is 8.42 Å². The number of sulfonamides is 1. The maximum absolute atomic E-state index is 12.8. The summed E-state index contributed by atoms with van der Waals surface area (Å²) in [5.41, 5.74) is 0.710. The van der Waals surface area contributed by atoms with Crippen molar-refractivity contribution in [2.75, 3.05) is 38.0 Å². The van der Waals surface area contributed by atoms with Crippen molar-refractivity contribution in [2.24, 2.45) is 0 Å². The van der Waals surface area contributed by atoms with Crippen LogP contribution >= 0.6 is 0 Å². The molecule has 0 radical (unpaired) electrons. The van der Waals surface area contributed by atoms with Crippen LogP contribution in [0.2, 0.25) is 0 Å². The fourth-order valence-electron chi connectivity index (χ4n) is 3.82. The van der Waals surface area contributed by atoms with E-state index in [1.165, 1.54) is 4.31 Å². The van der Waals surface area contributed by atoms with Gasteiger partial charge in [-0.1, -0.05) is 36.4 Å². The summed E-state index contributed by atoms with van der Waals surface area (Å²) in [5.74, 6) is -0.693. The molecule has 1 N–H and O–H groups in total. The number of ether oxygens (including phenoxy) is 1. The summed E-state index contributed by atoms with van der Waals surface area (Å²) in [6.07, 6.45) is -4.85. The highest BCUT2D eigenvalue weighted by Crippen LogP contribution is 2.26. The van der Waals surface area contributed by atoms with Crippen molar-refractivity contribution >= 4 is 32.4 Å². The van der Waals surface area contributed by atoms with Crippen LogP contribution in [0.4, 0.5) is 18.9 Å². The molecule has 7 nitrogen and oxygen atoms in total. The van der Waals surface area contributed by atoms with E-state index in [0.29, 0.717) is 18.8 Å². The van der Waals surface area contributed by atoms with E-state index < -0.39 is 22.1 Å². The summed E-state index contributed by atoms with van der Waals surface area (Å²) < 4.78 is 67.6. The van der Waals surface area contributed by atoms with Crippen molar-refractivity contribution in [3.63, 3.8) is 0 Å². The molecule has 34 heavy (non-hydrogen) atoms. The predicted molar refractivity (Wildman–Crippen MR) is 121 cm³/mol. The first-order chi connectivity index (χ1) is 16.1. The van der Waals surface area contributed by atoms with Gasteiger partial charge in [0.15, 0.2) is 0 Å². The average Bonchev–Trinajstić information content (AvgIpc) is 2.79.